The van der Waals surface area contributed by atoms with Gasteiger partial charge in [0.15, 0.2) is 0 Å². The molecule has 0 aliphatic carbocycles. The molecule has 0 saturated heterocycles. The Kier molecular flexibility index (Phi) is 4.75. The summed E-state index contributed by atoms with van der Waals surface area (Å²) in [5, 5.41) is 0.172. The minimum atomic E-state index is -3.60. The lowest BCUT2D eigenvalue weighted by atomic mass is 10.4. The van der Waals surface area contributed by atoms with Crippen molar-refractivity contribution in [2.24, 2.45) is 5.73 Å². The molecule has 0 aliphatic rings. The maximum absolute atomic E-state index is 11.9. The maximum atomic E-state index is 11.9. The van der Waals surface area contributed by atoms with Gasteiger partial charge in [0, 0.05) is 17.1 Å². The second-order valence-corrected chi connectivity index (χ2v) is 6.34. The zero-order chi connectivity index (χ0) is 12.3. The van der Waals surface area contributed by atoms with E-state index in [1.165, 1.54) is 12.1 Å². The van der Waals surface area contributed by atoms with E-state index in [4.69, 9.17) is 17.3 Å². The summed E-state index contributed by atoms with van der Waals surface area (Å²) in [5.74, 6) is 0. The van der Waals surface area contributed by atoms with E-state index in [1.54, 1.807) is 13.0 Å². The molecule has 4 nitrogen and oxygen atoms in total. The van der Waals surface area contributed by atoms with Crippen LogP contribution in [0.4, 0.5) is 0 Å². The third-order valence-corrected chi connectivity index (χ3v) is 4.46. The lowest BCUT2D eigenvalue weighted by molar-refractivity contribution is 0.563. The normalized spacial score (nSPS) is 13.8. The van der Waals surface area contributed by atoms with Crippen molar-refractivity contribution in [2.75, 3.05) is 6.54 Å². The summed E-state index contributed by atoms with van der Waals surface area (Å²) in [6.07, 6.45) is 0. The molecule has 1 rings (SSSR count). The highest BCUT2D eigenvalue weighted by molar-refractivity contribution is 9.10. The van der Waals surface area contributed by atoms with Gasteiger partial charge in [-0.25, -0.2) is 13.1 Å². The number of benzene rings is 1. The molecule has 1 aromatic carbocycles. The Morgan fingerprint density at radius 1 is 1.56 bits per heavy atom. The van der Waals surface area contributed by atoms with E-state index in [9.17, 15) is 8.42 Å². The highest BCUT2D eigenvalue weighted by Gasteiger charge is 2.19. The predicted molar refractivity (Wildman–Crippen MR) is 68.0 cm³/mol. The van der Waals surface area contributed by atoms with Gasteiger partial charge in [0.25, 0.3) is 0 Å². The Balaban J connectivity index is 3.08. The average Bonchev–Trinajstić information content (AvgIpc) is 2.16. The molecule has 0 aliphatic heterocycles. The molecule has 3 N–H and O–H groups in total. The van der Waals surface area contributed by atoms with Crippen LogP contribution in [0.5, 0.6) is 0 Å². The molecule has 0 aromatic heterocycles. The van der Waals surface area contributed by atoms with Crippen LogP contribution in [0, 0.1) is 0 Å². The summed E-state index contributed by atoms with van der Waals surface area (Å²) in [6, 6.07) is 4.26. The minimum Gasteiger partial charge on any atom is -0.329 e. The SMILES string of the molecule is C[C@H](CN)NS(=O)(=O)c1ccc(Br)cc1Cl. The summed E-state index contributed by atoms with van der Waals surface area (Å²) < 4.78 is 26.9. The number of rotatable bonds is 4. The number of halogens is 2. The van der Waals surface area contributed by atoms with Crippen molar-refractivity contribution in [3.8, 4) is 0 Å². The first kappa shape index (κ1) is 13.9. The van der Waals surface area contributed by atoms with Crippen molar-refractivity contribution in [3.05, 3.63) is 27.7 Å². The molecule has 0 radical (unpaired) electrons. The molecule has 0 bridgehead atoms. The quantitative estimate of drug-likeness (QED) is 0.884. The monoisotopic (exact) mass is 326 g/mol. The van der Waals surface area contributed by atoms with E-state index in [0.717, 1.165) is 4.47 Å². The highest BCUT2D eigenvalue weighted by atomic mass is 79.9. The van der Waals surface area contributed by atoms with E-state index in [0.29, 0.717) is 0 Å². The molecule has 7 heteroatoms. The van der Waals surface area contributed by atoms with Crippen LogP contribution >= 0.6 is 27.5 Å². The fraction of sp³-hybridized carbons (Fsp3) is 0.333. The van der Waals surface area contributed by atoms with Gasteiger partial charge in [-0.3, -0.25) is 0 Å². The van der Waals surface area contributed by atoms with Gasteiger partial charge in [-0.15, -0.1) is 0 Å². The second kappa shape index (κ2) is 5.46. The Bertz CT molecular complexity index is 478. The molecule has 1 aromatic rings. The summed E-state index contributed by atoms with van der Waals surface area (Å²) in [4.78, 5) is 0.0534. The van der Waals surface area contributed by atoms with Crippen LogP contribution in [0.2, 0.25) is 5.02 Å². The van der Waals surface area contributed by atoms with Crippen LogP contribution in [0.15, 0.2) is 27.6 Å². The zero-order valence-electron chi connectivity index (χ0n) is 8.57. The van der Waals surface area contributed by atoms with Gasteiger partial charge in [0.1, 0.15) is 4.90 Å². The van der Waals surface area contributed by atoms with Crippen molar-refractivity contribution in [1.82, 2.24) is 4.72 Å². The van der Waals surface area contributed by atoms with Crippen molar-refractivity contribution in [1.29, 1.82) is 0 Å². The van der Waals surface area contributed by atoms with Gasteiger partial charge >= 0.3 is 0 Å². The molecule has 0 amide bonds. The molecule has 0 spiro atoms. The number of sulfonamides is 1. The third kappa shape index (κ3) is 3.43. The molecular weight excluding hydrogens is 316 g/mol. The van der Waals surface area contributed by atoms with E-state index in [2.05, 4.69) is 20.7 Å². The van der Waals surface area contributed by atoms with Gasteiger partial charge in [-0.05, 0) is 25.1 Å². The van der Waals surface area contributed by atoms with Crippen molar-refractivity contribution < 1.29 is 8.42 Å². The number of nitrogens with one attached hydrogen (secondary N) is 1. The van der Waals surface area contributed by atoms with Crippen molar-refractivity contribution >= 4 is 37.6 Å². The van der Waals surface area contributed by atoms with Crippen LogP contribution in [0.3, 0.4) is 0 Å². The number of hydrogen-bond acceptors (Lipinski definition) is 3. The summed E-state index contributed by atoms with van der Waals surface area (Å²) >= 11 is 9.07. The molecule has 0 fully saturated rings. The molecule has 16 heavy (non-hydrogen) atoms. The van der Waals surface area contributed by atoms with Crippen molar-refractivity contribution in [2.45, 2.75) is 17.9 Å². The third-order valence-electron chi connectivity index (χ3n) is 1.89. The standard InChI is InChI=1S/C9H12BrClN2O2S/c1-6(5-12)13-16(14,15)9-3-2-7(10)4-8(9)11/h2-4,6,13H,5,12H2,1H3/t6-/m1/s1. The summed E-state index contributed by atoms with van der Waals surface area (Å²) in [7, 11) is -3.60. The second-order valence-electron chi connectivity index (χ2n) is 3.33. The first-order chi connectivity index (χ1) is 7.36. The zero-order valence-corrected chi connectivity index (χ0v) is 11.7. The van der Waals surface area contributed by atoms with E-state index < -0.39 is 10.0 Å². The van der Waals surface area contributed by atoms with E-state index in [-0.39, 0.29) is 22.5 Å². The highest BCUT2D eigenvalue weighted by Crippen LogP contribution is 2.25. The summed E-state index contributed by atoms with van der Waals surface area (Å²) in [5.41, 5.74) is 5.35. The van der Waals surface area contributed by atoms with E-state index in [1.807, 2.05) is 0 Å². The fourth-order valence-electron chi connectivity index (χ4n) is 1.07. The molecule has 0 unspecified atom stereocenters. The average molecular weight is 328 g/mol. The van der Waals surface area contributed by atoms with Crippen LogP contribution < -0.4 is 10.5 Å². The van der Waals surface area contributed by atoms with E-state index >= 15 is 0 Å². The van der Waals surface area contributed by atoms with Crippen LogP contribution in [0.1, 0.15) is 6.92 Å². The Hall–Kier alpha value is -0.140. The maximum Gasteiger partial charge on any atom is 0.242 e. The number of nitrogens with two attached hydrogens (primary N) is 1. The molecule has 0 saturated carbocycles. The van der Waals surface area contributed by atoms with Crippen LogP contribution in [0.25, 0.3) is 0 Å². The van der Waals surface area contributed by atoms with Gasteiger partial charge in [-0.2, -0.15) is 0 Å². The van der Waals surface area contributed by atoms with Gasteiger partial charge < -0.3 is 5.73 Å². The number of hydrogen-bond donors (Lipinski definition) is 2. The van der Waals surface area contributed by atoms with Crippen LogP contribution in [-0.4, -0.2) is 21.0 Å². The first-order valence-electron chi connectivity index (χ1n) is 4.54. The lowest BCUT2D eigenvalue weighted by Gasteiger charge is -2.12. The Morgan fingerprint density at radius 3 is 2.69 bits per heavy atom. The smallest absolute Gasteiger partial charge is 0.242 e. The van der Waals surface area contributed by atoms with Gasteiger partial charge in [0.2, 0.25) is 10.0 Å². The Labute approximate surface area is 108 Å². The van der Waals surface area contributed by atoms with Crippen molar-refractivity contribution in [3.63, 3.8) is 0 Å². The van der Waals surface area contributed by atoms with Gasteiger partial charge in [-0.1, -0.05) is 27.5 Å². The predicted octanol–water partition coefficient (Wildman–Crippen LogP) is 1.73. The first-order valence-corrected chi connectivity index (χ1v) is 7.19. The molecular formula is C9H12BrClN2O2S. The molecule has 0 heterocycles. The summed E-state index contributed by atoms with van der Waals surface area (Å²) in [6.45, 7) is 1.91. The lowest BCUT2D eigenvalue weighted by Crippen LogP contribution is -2.37. The minimum absolute atomic E-state index is 0.0534. The largest absolute Gasteiger partial charge is 0.329 e. The van der Waals surface area contributed by atoms with Crippen LogP contribution in [-0.2, 0) is 10.0 Å². The molecule has 1 atom stereocenters. The molecule has 90 valence electrons. The topological polar surface area (TPSA) is 72.2 Å². The van der Waals surface area contributed by atoms with Gasteiger partial charge in [0.05, 0.1) is 5.02 Å². The fourth-order valence-corrected chi connectivity index (χ4v) is 3.36. The Morgan fingerprint density at radius 2 is 2.19 bits per heavy atom.